The van der Waals surface area contributed by atoms with Crippen LogP contribution in [0.1, 0.15) is 29.8 Å². The van der Waals surface area contributed by atoms with Gasteiger partial charge in [0.25, 0.3) is 0 Å². The maximum absolute atomic E-state index is 12.8. The normalized spacial score (nSPS) is 17.5. The number of benzene rings is 2. The predicted octanol–water partition coefficient (Wildman–Crippen LogP) is 4.61. The van der Waals surface area contributed by atoms with Crippen molar-refractivity contribution in [1.82, 2.24) is 9.47 Å². The summed E-state index contributed by atoms with van der Waals surface area (Å²) in [7, 11) is 0. The summed E-state index contributed by atoms with van der Waals surface area (Å²) in [6.07, 6.45) is 1.55. The molecule has 3 aromatic rings. The Bertz CT molecular complexity index is 1450. The van der Waals surface area contributed by atoms with Gasteiger partial charge in [-0.2, -0.15) is 5.26 Å². The van der Waals surface area contributed by atoms with Gasteiger partial charge in [-0.1, -0.05) is 0 Å². The number of anilines is 2. The molecule has 0 spiro atoms. The first-order valence-electron chi connectivity index (χ1n) is 13.7. The van der Waals surface area contributed by atoms with Crippen molar-refractivity contribution >= 4 is 17.5 Å². The van der Waals surface area contributed by atoms with Crippen LogP contribution in [0.25, 0.3) is 5.69 Å². The van der Waals surface area contributed by atoms with Crippen molar-refractivity contribution in [2.75, 3.05) is 56.4 Å². The molecule has 0 unspecified atom stereocenters. The van der Waals surface area contributed by atoms with Crippen LogP contribution >= 0.6 is 0 Å². The number of nitriles is 1. The van der Waals surface area contributed by atoms with Gasteiger partial charge in [0.05, 0.1) is 16.9 Å². The number of carbonyl (C=O) groups excluding carboxylic acids is 1. The summed E-state index contributed by atoms with van der Waals surface area (Å²) in [5.41, 5.74) is 4.50. The highest BCUT2D eigenvalue weighted by Crippen LogP contribution is 2.36. The standard InChI is InChI=1S/C30H33N5O5/c1-20-15-28(21(2)35(20)25-4-6-27-29(17-25)39-19-38-27)40-30(36)32-23-3-5-26(22(16-23)18-31)34-11-9-33(10-12-34)24-7-13-37-14-8-24/h3-6,15-17,24H,7-14,19H2,1-2H3,(H,32,36). The zero-order valence-electron chi connectivity index (χ0n) is 22.8. The second-order valence-electron chi connectivity index (χ2n) is 10.3. The fourth-order valence-corrected chi connectivity index (χ4v) is 5.86. The Hall–Kier alpha value is -4.20. The Morgan fingerprint density at radius 3 is 2.55 bits per heavy atom. The lowest BCUT2D eigenvalue weighted by molar-refractivity contribution is 0.0321. The van der Waals surface area contributed by atoms with Gasteiger partial charge < -0.3 is 28.4 Å². The molecule has 3 aliphatic heterocycles. The number of rotatable bonds is 5. The van der Waals surface area contributed by atoms with Crippen LogP contribution < -0.4 is 24.4 Å². The maximum atomic E-state index is 12.8. The highest BCUT2D eigenvalue weighted by molar-refractivity contribution is 5.87. The smallest absolute Gasteiger partial charge is 0.417 e. The number of carbonyl (C=O) groups is 1. The molecule has 4 heterocycles. The highest BCUT2D eigenvalue weighted by Gasteiger charge is 2.26. The zero-order valence-corrected chi connectivity index (χ0v) is 22.8. The fourth-order valence-electron chi connectivity index (χ4n) is 5.86. The minimum absolute atomic E-state index is 0.207. The molecule has 208 valence electrons. The summed E-state index contributed by atoms with van der Waals surface area (Å²) in [5, 5.41) is 12.6. The molecule has 10 nitrogen and oxygen atoms in total. The third-order valence-corrected chi connectivity index (χ3v) is 7.93. The van der Waals surface area contributed by atoms with E-state index in [9.17, 15) is 10.1 Å². The monoisotopic (exact) mass is 543 g/mol. The molecule has 2 saturated heterocycles. The lowest BCUT2D eigenvalue weighted by atomic mass is 10.1. The molecule has 1 N–H and O–H groups in total. The van der Waals surface area contributed by atoms with Crippen LogP contribution in [0.15, 0.2) is 42.5 Å². The number of fused-ring (bicyclic) bond motifs is 1. The number of ether oxygens (including phenoxy) is 4. The van der Waals surface area contributed by atoms with E-state index in [-0.39, 0.29) is 6.79 Å². The van der Waals surface area contributed by atoms with Crippen molar-refractivity contribution in [3.8, 4) is 29.0 Å². The summed E-state index contributed by atoms with van der Waals surface area (Å²) in [6, 6.07) is 15.9. The lowest BCUT2D eigenvalue weighted by Gasteiger charge is -2.41. The molecule has 1 aromatic heterocycles. The predicted molar refractivity (Wildman–Crippen MR) is 150 cm³/mol. The van der Waals surface area contributed by atoms with Crippen LogP contribution in [0.5, 0.6) is 17.2 Å². The van der Waals surface area contributed by atoms with Crippen LogP contribution in [-0.2, 0) is 4.74 Å². The summed E-state index contributed by atoms with van der Waals surface area (Å²) in [5.74, 6) is 1.84. The maximum Gasteiger partial charge on any atom is 0.417 e. The van der Waals surface area contributed by atoms with E-state index >= 15 is 0 Å². The first-order chi connectivity index (χ1) is 19.5. The topological polar surface area (TPSA) is 101 Å². The molecule has 2 fully saturated rings. The number of hydrogen-bond donors (Lipinski definition) is 1. The summed E-state index contributed by atoms with van der Waals surface area (Å²) < 4.78 is 24.1. The van der Waals surface area contributed by atoms with E-state index in [4.69, 9.17) is 18.9 Å². The van der Waals surface area contributed by atoms with Crippen LogP contribution in [0.3, 0.4) is 0 Å². The molecule has 10 heteroatoms. The van der Waals surface area contributed by atoms with Gasteiger partial charge in [0.15, 0.2) is 17.2 Å². The quantitative estimate of drug-likeness (QED) is 0.498. The number of hydrogen-bond acceptors (Lipinski definition) is 8. The minimum atomic E-state index is -0.618. The number of aryl methyl sites for hydroxylation is 1. The Balaban J connectivity index is 1.10. The highest BCUT2D eigenvalue weighted by atomic mass is 16.7. The van der Waals surface area contributed by atoms with Gasteiger partial charge in [0.2, 0.25) is 6.79 Å². The number of nitrogens with one attached hydrogen (secondary N) is 1. The van der Waals surface area contributed by atoms with Crippen molar-refractivity contribution in [2.45, 2.75) is 32.7 Å². The third-order valence-electron chi connectivity index (χ3n) is 7.93. The van der Waals surface area contributed by atoms with Crippen LogP contribution in [0.4, 0.5) is 16.2 Å². The van der Waals surface area contributed by atoms with E-state index in [2.05, 4.69) is 21.2 Å². The van der Waals surface area contributed by atoms with Gasteiger partial charge in [0.1, 0.15) is 6.07 Å². The number of piperazine rings is 1. The molecule has 0 radical (unpaired) electrons. The van der Waals surface area contributed by atoms with Gasteiger partial charge in [-0.25, -0.2) is 4.79 Å². The van der Waals surface area contributed by atoms with Crippen molar-refractivity contribution in [3.63, 3.8) is 0 Å². The SMILES string of the molecule is Cc1cc(OC(=O)Nc2ccc(N3CCN(C4CCOCC4)CC3)c(C#N)c2)c(C)n1-c1ccc2c(c1)OCO2. The Morgan fingerprint density at radius 2 is 1.77 bits per heavy atom. The van der Waals surface area contributed by atoms with Gasteiger partial charge >= 0.3 is 6.09 Å². The second-order valence-corrected chi connectivity index (χ2v) is 10.3. The first-order valence-corrected chi connectivity index (χ1v) is 13.7. The molecule has 1 amide bonds. The lowest BCUT2D eigenvalue weighted by Crippen LogP contribution is -2.51. The van der Waals surface area contributed by atoms with Crippen molar-refractivity contribution in [3.05, 3.63) is 59.4 Å². The van der Waals surface area contributed by atoms with Crippen LogP contribution in [0.2, 0.25) is 0 Å². The molecule has 0 saturated carbocycles. The van der Waals surface area contributed by atoms with Crippen LogP contribution in [-0.4, -0.2) is 67.8 Å². The Labute approximate surface area is 233 Å². The molecule has 0 aliphatic carbocycles. The second kappa shape index (κ2) is 11.1. The first kappa shape index (κ1) is 26.0. The van der Waals surface area contributed by atoms with Gasteiger partial charge in [-0.3, -0.25) is 10.2 Å². The average Bonchev–Trinajstić information content (AvgIpc) is 3.56. The van der Waals surface area contributed by atoms with Crippen LogP contribution in [0, 0.1) is 25.2 Å². The van der Waals surface area contributed by atoms with E-state index in [0.29, 0.717) is 34.5 Å². The molecule has 2 aromatic carbocycles. The molecule has 0 atom stereocenters. The molecule has 40 heavy (non-hydrogen) atoms. The van der Waals surface area contributed by atoms with E-state index in [1.54, 1.807) is 6.07 Å². The van der Waals surface area contributed by atoms with E-state index in [1.807, 2.05) is 54.8 Å². The average molecular weight is 544 g/mol. The summed E-state index contributed by atoms with van der Waals surface area (Å²) >= 11 is 0. The van der Waals surface area contributed by atoms with E-state index in [0.717, 1.165) is 75.0 Å². The molecular weight excluding hydrogens is 510 g/mol. The minimum Gasteiger partial charge on any atom is -0.454 e. The number of aromatic nitrogens is 1. The molecular formula is C30H33N5O5. The summed E-state index contributed by atoms with van der Waals surface area (Å²) in [6.45, 7) is 9.38. The van der Waals surface area contributed by atoms with Crippen molar-refractivity contribution < 1.29 is 23.7 Å². The van der Waals surface area contributed by atoms with Crippen molar-refractivity contribution in [2.24, 2.45) is 0 Å². The molecule has 0 bridgehead atoms. The van der Waals surface area contributed by atoms with E-state index in [1.165, 1.54) is 0 Å². The van der Waals surface area contributed by atoms with Gasteiger partial charge in [-0.15, -0.1) is 0 Å². The van der Waals surface area contributed by atoms with Gasteiger partial charge in [0, 0.05) is 74.6 Å². The Kier molecular flexibility index (Phi) is 7.24. The third kappa shape index (κ3) is 5.18. The van der Waals surface area contributed by atoms with E-state index < -0.39 is 6.09 Å². The summed E-state index contributed by atoms with van der Waals surface area (Å²) in [4.78, 5) is 17.6. The van der Waals surface area contributed by atoms with Crippen molar-refractivity contribution in [1.29, 1.82) is 5.26 Å². The van der Waals surface area contributed by atoms with Gasteiger partial charge in [-0.05, 0) is 57.0 Å². The molecule has 6 rings (SSSR count). The zero-order chi connectivity index (χ0) is 27.6. The number of amides is 1. The Morgan fingerprint density at radius 1 is 1.00 bits per heavy atom. The number of nitrogens with zero attached hydrogens (tertiary/aromatic N) is 4. The largest absolute Gasteiger partial charge is 0.454 e. The fraction of sp³-hybridized carbons (Fsp3) is 0.400. The molecule has 3 aliphatic rings.